The van der Waals surface area contributed by atoms with Gasteiger partial charge in [0.1, 0.15) is 0 Å². The molecule has 2 heteroatoms. The molecular weight excluding hydrogens is 150 g/mol. The van der Waals surface area contributed by atoms with Gasteiger partial charge in [-0.1, -0.05) is 13.8 Å². The van der Waals surface area contributed by atoms with E-state index in [9.17, 15) is 0 Å². The molecule has 0 aliphatic carbocycles. The van der Waals surface area contributed by atoms with Crippen LogP contribution in [0.2, 0.25) is 0 Å². The Labute approximate surface area is 75.9 Å². The number of hydrogen-bond donors (Lipinski definition) is 0. The zero-order chi connectivity index (χ0) is 9.14. The number of rotatable bonds is 3. The summed E-state index contributed by atoms with van der Waals surface area (Å²) in [7, 11) is 3.99. The Morgan fingerprint density at radius 1 is 1.50 bits per heavy atom. The van der Waals surface area contributed by atoms with Crippen LogP contribution in [0.25, 0.3) is 0 Å². The molecule has 1 rings (SSSR count). The van der Waals surface area contributed by atoms with Crippen molar-refractivity contribution >= 4 is 0 Å². The van der Waals surface area contributed by atoms with E-state index in [1.165, 1.54) is 13.0 Å². The van der Waals surface area contributed by atoms with Crippen LogP contribution in [0, 0.1) is 11.8 Å². The predicted molar refractivity (Wildman–Crippen MR) is 51.2 cm³/mol. The van der Waals surface area contributed by atoms with Gasteiger partial charge >= 0.3 is 0 Å². The van der Waals surface area contributed by atoms with Gasteiger partial charge in [0, 0.05) is 19.7 Å². The number of hydrogen-bond acceptors (Lipinski definition) is 2. The largest absolute Gasteiger partial charge is 0.383 e. The van der Waals surface area contributed by atoms with E-state index in [4.69, 9.17) is 4.74 Å². The fraction of sp³-hybridized carbons (Fsp3) is 1.00. The summed E-state index contributed by atoms with van der Waals surface area (Å²) < 4.78 is 5.18. The highest BCUT2D eigenvalue weighted by Crippen LogP contribution is 2.27. The first kappa shape index (κ1) is 10.0. The van der Waals surface area contributed by atoms with Crippen LogP contribution in [0.1, 0.15) is 20.3 Å². The molecule has 12 heavy (non-hydrogen) atoms. The van der Waals surface area contributed by atoms with Gasteiger partial charge in [0.15, 0.2) is 0 Å². The minimum Gasteiger partial charge on any atom is -0.383 e. The first-order chi connectivity index (χ1) is 5.65. The van der Waals surface area contributed by atoms with E-state index >= 15 is 0 Å². The minimum atomic E-state index is 0.655. The summed E-state index contributed by atoms with van der Waals surface area (Å²) in [5.74, 6) is 1.68. The number of nitrogens with zero attached hydrogens (tertiary/aromatic N) is 1. The highest BCUT2D eigenvalue weighted by atomic mass is 16.5. The lowest BCUT2D eigenvalue weighted by atomic mass is 9.93. The second kappa shape index (κ2) is 4.24. The predicted octanol–water partition coefficient (Wildman–Crippen LogP) is 1.61. The van der Waals surface area contributed by atoms with Gasteiger partial charge in [-0.3, -0.25) is 0 Å². The van der Waals surface area contributed by atoms with Gasteiger partial charge in [-0.25, -0.2) is 0 Å². The molecule has 0 amide bonds. The molecule has 1 aliphatic rings. The van der Waals surface area contributed by atoms with Crippen LogP contribution in [0.5, 0.6) is 0 Å². The van der Waals surface area contributed by atoms with Crippen molar-refractivity contribution in [2.75, 3.05) is 27.3 Å². The Hall–Kier alpha value is -0.0800. The van der Waals surface area contributed by atoms with Crippen molar-refractivity contribution in [3.05, 3.63) is 0 Å². The maximum absolute atomic E-state index is 5.18. The summed E-state index contributed by atoms with van der Waals surface area (Å²) in [5, 5.41) is 0. The van der Waals surface area contributed by atoms with Crippen LogP contribution in [0.4, 0.5) is 0 Å². The van der Waals surface area contributed by atoms with E-state index in [0.717, 1.165) is 18.4 Å². The summed E-state index contributed by atoms with van der Waals surface area (Å²) in [4.78, 5) is 2.42. The molecule has 0 aromatic rings. The number of likely N-dealkylation sites (N-methyl/N-ethyl adjacent to an activating group) is 1. The van der Waals surface area contributed by atoms with E-state index in [2.05, 4.69) is 25.8 Å². The minimum absolute atomic E-state index is 0.655. The highest BCUT2D eigenvalue weighted by Gasteiger charge is 2.30. The number of likely N-dealkylation sites (tertiary alicyclic amines) is 1. The molecule has 0 spiro atoms. The molecule has 0 unspecified atom stereocenters. The van der Waals surface area contributed by atoms with Crippen LogP contribution in [0.3, 0.4) is 0 Å². The van der Waals surface area contributed by atoms with Gasteiger partial charge in [-0.2, -0.15) is 0 Å². The zero-order valence-corrected chi connectivity index (χ0v) is 8.71. The van der Waals surface area contributed by atoms with Crippen molar-refractivity contribution in [2.45, 2.75) is 26.3 Å². The molecule has 72 valence electrons. The molecule has 1 aliphatic heterocycles. The lowest BCUT2D eigenvalue weighted by Crippen LogP contribution is -2.28. The lowest BCUT2D eigenvalue weighted by Gasteiger charge is -2.17. The smallest absolute Gasteiger partial charge is 0.0618 e. The maximum atomic E-state index is 5.18. The molecular formula is C10H21NO. The molecule has 0 radical (unpaired) electrons. The second-order valence-corrected chi connectivity index (χ2v) is 4.29. The molecule has 0 aromatic heterocycles. The quantitative estimate of drug-likeness (QED) is 0.639. The van der Waals surface area contributed by atoms with Crippen LogP contribution >= 0.6 is 0 Å². The average Bonchev–Trinajstić information content (AvgIpc) is 2.34. The standard InChI is InChI=1S/C10H21NO/c1-8(2)9-5-10(7-12-4)11(3)6-9/h8-10H,5-7H2,1-4H3/t9-,10+/m1/s1. The van der Waals surface area contributed by atoms with Crippen molar-refractivity contribution in [3.63, 3.8) is 0 Å². The lowest BCUT2D eigenvalue weighted by molar-refractivity contribution is 0.129. The van der Waals surface area contributed by atoms with Crippen LogP contribution in [-0.2, 0) is 4.74 Å². The summed E-state index contributed by atoms with van der Waals surface area (Å²) >= 11 is 0. The molecule has 2 nitrogen and oxygen atoms in total. The topological polar surface area (TPSA) is 12.5 Å². The normalized spacial score (nSPS) is 31.8. The Kier molecular flexibility index (Phi) is 3.53. The van der Waals surface area contributed by atoms with Gasteiger partial charge in [0.2, 0.25) is 0 Å². The molecule has 2 atom stereocenters. The Balaban J connectivity index is 2.39. The van der Waals surface area contributed by atoms with Gasteiger partial charge < -0.3 is 9.64 Å². The SMILES string of the molecule is COC[C@@H]1C[C@@H](C(C)C)CN1C. The van der Waals surface area contributed by atoms with Gasteiger partial charge in [0.25, 0.3) is 0 Å². The number of methoxy groups -OCH3 is 1. The van der Waals surface area contributed by atoms with Crippen LogP contribution in [0.15, 0.2) is 0 Å². The van der Waals surface area contributed by atoms with Gasteiger partial charge in [0.05, 0.1) is 6.61 Å². The van der Waals surface area contributed by atoms with E-state index in [-0.39, 0.29) is 0 Å². The average molecular weight is 171 g/mol. The Morgan fingerprint density at radius 3 is 2.58 bits per heavy atom. The third kappa shape index (κ3) is 2.20. The number of ether oxygens (including phenoxy) is 1. The Bertz CT molecular complexity index is 136. The molecule has 0 saturated carbocycles. The molecule has 0 aromatic carbocycles. The van der Waals surface area contributed by atoms with E-state index in [1.807, 2.05) is 0 Å². The third-order valence-corrected chi connectivity index (χ3v) is 3.02. The van der Waals surface area contributed by atoms with Crippen molar-refractivity contribution in [3.8, 4) is 0 Å². The summed E-state index contributed by atoms with van der Waals surface area (Å²) in [6.45, 7) is 6.76. The first-order valence-electron chi connectivity index (χ1n) is 4.84. The fourth-order valence-electron chi connectivity index (χ4n) is 1.99. The second-order valence-electron chi connectivity index (χ2n) is 4.29. The maximum Gasteiger partial charge on any atom is 0.0618 e. The summed E-state index contributed by atoms with van der Waals surface area (Å²) in [6.07, 6.45) is 1.31. The molecule has 1 saturated heterocycles. The summed E-state index contributed by atoms with van der Waals surface area (Å²) in [6, 6.07) is 0.655. The van der Waals surface area contributed by atoms with Crippen LogP contribution < -0.4 is 0 Å². The van der Waals surface area contributed by atoms with Crippen molar-refractivity contribution in [2.24, 2.45) is 11.8 Å². The molecule has 1 fully saturated rings. The fourth-order valence-corrected chi connectivity index (χ4v) is 1.99. The molecule has 0 bridgehead atoms. The molecule has 1 heterocycles. The monoisotopic (exact) mass is 171 g/mol. The first-order valence-corrected chi connectivity index (χ1v) is 4.84. The molecule has 0 N–H and O–H groups in total. The zero-order valence-electron chi connectivity index (χ0n) is 8.71. The van der Waals surface area contributed by atoms with E-state index < -0.39 is 0 Å². The third-order valence-electron chi connectivity index (χ3n) is 3.02. The Morgan fingerprint density at radius 2 is 2.17 bits per heavy atom. The highest BCUT2D eigenvalue weighted by molar-refractivity contribution is 4.84. The van der Waals surface area contributed by atoms with E-state index in [1.54, 1.807) is 7.11 Å². The van der Waals surface area contributed by atoms with Crippen molar-refractivity contribution in [1.82, 2.24) is 4.90 Å². The van der Waals surface area contributed by atoms with E-state index in [0.29, 0.717) is 6.04 Å². The van der Waals surface area contributed by atoms with Gasteiger partial charge in [-0.05, 0) is 25.3 Å². The van der Waals surface area contributed by atoms with Crippen molar-refractivity contribution < 1.29 is 4.74 Å². The summed E-state index contributed by atoms with van der Waals surface area (Å²) in [5.41, 5.74) is 0. The van der Waals surface area contributed by atoms with Crippen LogP contribution in [-0.4, -0.2) is 38.3 Å². The van der Waals surface area contributed by atoms with Gasteiger partial charge in [-0.15, -0.1) is 0 Å². The van der Waals surface area contributed by atoms with Crippen molar-refractivity contribution in [1.29, 1.82) is 0 Å².